The fourth-order valence-electron chi connectivity index (χ4n) is 2.31. The van der Waals surface area contributed by atoms with E-state index in [1.165, 1.54) is 11.1 Å². The third-order valence-corrected chi connectivity index (χ3v) is 4.12. The summed E-state index contributed by atoms with van der Waals surface area (Å²) in [6.45, 7) is 4.51. The molecule has 3 nitrogen and oxygen atoms in total. The fourth-order valence-corrected chi connectivity index (χ4v) is 2.96. The van der Waals surface area contributed by atoms with Gasteiger partial charge in [0.05, 0.1) is 6.04 Å². The van der Waals surface area contributed by atoms with E-state index in [0.29, 0.717) is 19.3 Å². The molecule has 1 unspecified atom stereocenters. The summed E-state index contributed by atoms with van der Waals surface area (Å²) in [4.78, 5) is 0. The van der Waals surface area contributed by atoms with Crippen molar-refractivity contribution in [3.05, 3.63) is 46.2 Å². The van der Waals surface area contributed by atoms with Gasteiger partial charge in [0.2, 0.25) is 0 Å². The third kappa shape index (κ3) is 2.97. The zero-order chi connectivity index (χ0) is 13.8. The van der Waals surface area contributed by atoms with Gasteiger partial charge in [0.1, 0.15) is 24.7 Å². The van der Waals surface area contributed by atoms with E-state index in [-0.39, 0.29) is 0 Å². The molecule has 1 atom stereocenters. The molecule has 106 valence electrons. The van der Waals surface area contributed by atoms with E-state index in [0.717, 1.165) is 24.5 Å². The maximum Gasteiger partial charge on any atom is 0.128 e. The molecule has 0 spiro atoms. The van der Waals surface area contributed by atoms with Crippen molar-refractivity contribution in [3.8, 4) is 11.5 Å². The topological polar surface area (TPSA) is 30.5 Å². The van der Waals surface area contributed by atoms with Crippen LogP contribution in [0.15, 0.2) is 35.0 Å². The lowest BCUT2D eigenvalue weighted by Gasteiger charge is -2.11. The molecular formula is C16H19NO2S. The van der Waals surface area contributed by atoms with Crippen LogP contribution in [0.25, 0.3) is 0 Å². The Bertz CT molecular complexity index is 554. The Balaban J connectivity index is 1.64. The van der Waals surface area contributed by atoms with Crippen LogP contribution < -0.4 is 14.8 Å². The summed E-state index contributed by atoms with van der Waals surface area (Å²) in [7, 11) is 0. The van der Waals surface area contributed by atoms with E-state index in [9.17, 15) is 0 Å². The van der Waals surface area contributed by atoms with Gasteiger partial charge in [-0.05, 0) is 47.5 Å². The highest BCUT2D eigenvalue weighted by Gasteiger charge is 2.23. The monoisotopic (exact) mass is 289 g/mol. The molecule has 1 aliphatic rings. The Hall–Kier alpha value is -1.52. The second-order valence-electron chi connectivity index (χ2n) is 4.94. The highest BCUT2D eigenvalue weighted by molar-refractivity contribution is 7.07. The minimum Gasteiger partial charge on any atom is -0.491 e. The van der Waals surface area contributed by atoms with E-state index < -0.39 is 0 Å². The van der Waals surface area contributed by atoms with E-state index in [1.54, 1.807) is 11.3 Å². The Morgan fingerprint density at radius 3 is 3.15 bits per heavy atom. The van der Waals surface area contributed by atoms with E-state index in [4.69, 9.17) is 9.47 Å². The van der Waals surface area contributed by atoms with Crippen LogP contribution >= 0.6 is 11.3 Å². The first-order chi connectivity index (χ1) is 9.86. The van der Waals surface area contributed by atoms with Gasteiger partial charge < -0.3 is 14.8 Å². The van der Waals surface area contributed by atoms with Crippen molar-refractivity contribution in [2.45, 2.75) is 26.0 Å². The molecule has 2 aromatic rings. The van der Waals surface area contributed by atoms with Gasteiger partial charge in [-0.3, -0.25) is 0 Å². The Morgan fingerprint density at radius 2 is 2.35 bits per heavy atom. The second-order valence-corrected chi connectivity index (χ2v) is 5.72. The third-order valence-electron chi connectivity index (χ3n) is 3.39. The first-order valence-corrected chi connectivity index (χ1v) is 7.95. The van der Waals surface area contributed by atoms with Crippen LogP contribution in [-0.2, 0) is 6.61 Å². The highest BCUT2D eigenvalue weighted by atomic mass is 32.1. The zero-order valence-electron chi connectivity index (χ0n) is 11.6. The van der Waals surface area contributed by atoms with E-state index in [2.05, 4.69) is 35.1 Å². The molecule has 2 heterocycles. The van der Waals surface area contributed by atoms with Gasteiger partial charge in [-0.1, -0.05) is 6.92 Å². The van der Waals surface area contributed by atoms with Crippen molar-refractivity contribution in [1.82, 2.24) is 5.32 Å². The van der Waals surface area contributed by atoms with Gasteiger partial charge in [-0.25, -0.2) is 0 Å². The van der Waals surface area contributed by atoms with Crippen LogP contribution in [-0.4, -0.2) is 13.2 Å². The van der Waals surface area contributed by atoms with Crippen molar-refractivity contribution in [2.24, 2.45) is 0 Å². The van der Waals surface area contributed by atoms with Crippen LogP contribution in [0.1, 0.15) is 30.5 Å². The molecule has 0 bridgehead atoms. The molecule has 20 heavy (non-hydrogen) atoms. The highest BCUT2D eigenvalue weighted by Crippen LogP contribution is 2.35. The Morgan fingerprint density at radius 1 is 1.40 bits per heavy atom. The summed E-state index contributed by atoms with van der Waals surface area (Å²) >= 11 is 1.69. The van der Waals surface area contributed by atoms with E-state index in [1.807, 2.05) is 12.1 Å². The zero-order valence-corrected chi connectivity index (χ0v) is 12.4. The first-order valence-electron chi connectivity index (χ1n) is 7.01. The molecule has 1 aromatic carbocycles. The summed E-state index contributed by atoms with van der Waals surface area (Å²) in [6, 6.07) is 8.53. The molecule has 1 aromatic heterocycles. The first kappa shape index (κ1) is 13.5. The van der Waals surface area contributed by atoms with Crippen molar-refractivity contribution in [3.63, 3.8) is 0 Å². The normalized spacial score (nSPS) is 16.8. The molecule has 4 heteroatoms. The Kier molecular flexibility index (Phi) is 4.23. The molecular weight excluding hydrogens is 270 g/mol. The van der Waals surface area contributed by atoms with Crippen molar-refractivity contribution >= 4 is 11.3 Å². The number of rotatable bonds is 6. The summed E-state index contributed by atoms with van der Waals surface area (Å²) < 4.78 is 11.5. The summed E-state index contributed by atoms with van der Waals surface area (Å²) in [5.41, 5.74) is 2.44. The van der Waals surface area contributed by atoms with E-state index >= 15 is 0 Å². The Labute approximate surface area is 123 Å². The number of thiophene rings is 1. The van der Waals surface area contributed by atoms with Gasteiger partial charge in [-0.15, -0.1) is 0 Å². The SMILES string of the molecule is CCCNC1COc2cc(OCc3ccsc3)ccc21. The minimum atomic E-state index is 0.316. The summed E-state index contributed by atoms with van der Waals surface area (Å²) in [6.07, 6.45) is 1.13. The average Bonchev–Trinajstić information content (AvgIpc) is 3.12. The molecule has 1 aliphatic heterocycles. The van der Waals surface area contributed by atoms with Gasteiger partial charge in [0, 0.05) is 11.6 Å². The predicted octanol–water partition coefficient (Wildman–Crippen LogP) is 3.76. The van der Waals surface area contributed by atoms with Gasteiger partial charge >= 0.3 is 0 Å². The largest absolute Gasteiger partial charge is 0.491 e. The van der Waals surface area contributed by atoms with Gasteiger partial charge in [0.15, 0.2) is 0 Å². The number of fused-ring (bicyclic) bond motifs is 1. The summed E-state index contributed by atoms with van der Waals surface area (Å²) in [5, 5.41) is 7.67. The van der Waals surface area contributed by atoms with Crippen molar-refractivity contribution in [1.29, 1.82) is 0 Å². The summed E-state index contributed by atoms with van der Waals surface area (Å²) in [5.74, 6) is 1.81. The van der Waals surface area contributed by atoms with Crippen LogP contribution in [0.2, 0.25) is 0 Å². The lowest BCUT2D eigenvalue weighted by atomic mass is 10.1. The molecule has 0 radical (unpaired) electrons. The molecule has 0 saturated carbocycles. The molecule has 0 amide bonds. The average molecular weight is 289 g/mol. The maximum absolute atomic E-state index is 5.80. The molecule has 0 aliphatic carbocycles. The van der Waals surface area contributed by atoms with Crippen molar-refractivity contribution < 1.29 is 9.47 Å². The van der Waals surface area contributed by atoms with Gasteiger partial charge in [0.25, 0.3) is 0 Å². The maximum atomic E-state index is 5.80. The lowest BCUT2D eigenvalue weighted by Crippen LogP contribution is -2.22. The number of hydrogen-bond donors (Lipinski definition) is 1. The number of ether oxygens (including phenoxy) is 2. The molecule has 1 N–H and O–H groups in total. The van der Waals surface area contributed by atoms with Crippen LogP contribution in [0.3, 0.4) is 0 Å². The number of hydrogen-bond acceptors (Lipinski definition) is 4. The predicted molar refractivity (Wildman–Crippen MR) is 81.6 cm³/mol. The number of benzene rings is 1. The fraction of sp³-hybridized carbons (Fsp3) is 0.375. The lowest BCUT2D eigenvalue weighted by molar-refractivity contribution is 0.297. The molecule has 0 fully saturated rings. The van der Waals surface area contributed by atoms with Crippen LogP contribution in [0.4, 0.5) is 0 Å². The standard InChI is InChI=1S/C16H19NO2S/c1-2-6-17-15-10-19-16-8-13(3-4-14(15)16)18-9-12-5-7-20-11-12/h3-5,7-8,11,15,17H,2,6,9-10H2,1H3. The second kappa shape index (κ2) is 6.29. The molecule has 0 saturated heterocycles. The smallest absolute Gasteiger partial charge is 0.128 e. The van der Waals surface area contributed by atoms with Gasteiger partial charge in [-0.2, -0.15) is 11.3 Å². The molecule has 3 rings (SSSR count). The van der Waals surface area contributed by atoms with Crippen molar-refractivity contribution in [2.75, 3.05) is 13.2 Å². The number of nitrogens with one attached hydrogen (secondary N) is 1. The van der Waals surface area contributed by atoms with Crippen LogP contribution in [0.5, 0.6) is 11.5 Å². The van der Waals surface area contributed by atoms with Crippen LogP contribution in [0, 0.1) is 0 Å². The minimum absolute atomic E-state index is 0.316. The quantitative estimate of drug-likeness (QED) is 0.878.